The lowest BCUT2D eigenvalue weighted by Crippen LogP contribution is -2.32. The van der Waals surface area contributed by atoms with E-state index in [1.807, 2.05) is 0 Å². The lowest BCUT2D eigenvalue weighted by molar-refractivity contribution is 0.0535. The van der Waals surface area contributed by atoms with Gasteiger partial charge < -0.3 is 24.3 Å². The third-order valence-electron chi connectivity index (χ3n) is 2.85. The van der Waals surface area contributed by atoms with Crippen molar-refractivity contribution >= 4 is 11.9 Å². The summed E-state index contributed by atoms with van der Waals surface area (Å²) in [7, 11) is 4.40. The quantitative estimate of drug-likeness (QED) is 0.499. The fourth-order valence-corrected chi connectivity index (χ4v) is 1.84. The van der Waals surface area contributed by atoms with Gasteiger partial charge in [-0.15, -0.1) is 0 Å². The molecule has 7 nitrogen and oxygen atoms in total. The molecule has 0 aliphatic carbocycles. The summed E-state index contributed by atoms with van der Waals surface area (Å²) in [5.74, 6) is 5.70. The monoisotopic (exact) mass is 349 g/mol. The zero-order valence-electron chi connectivity index (χ0n) is 15.3. The fraction of sp³-hybridized carbons (Fsp3) is 0.444. The Labute approximate surface area is 147 Å². The van der Waals surface area contributed by atoms with Gasteiger partial charge in [0, 0.05) is 5.56 Å². The highest BCUT2D eigenvalue weighted by Gasteiger charge is 2.16. The van der Waals surface area contributed by atoms with Crippen LogP contribution in [0.4, 0.5) is 4.79 Å². The Morgan fingerprint density at radius 1 is 1.04 bits per heavy atom. The molecule has 0 fully saturated rings. The van der Waals surface area contributed by atoms with Crippen molar-refractivity contribution in [1.82, 2.24) is 5.32 Å². The Kier molecular flexibility index (Phi) is 7.12. The number of alkyl carbamates (subject to hydrolysis) is 1. The molecular formula is C18H23NO6. The highest BCUT2D eigenvalue weighted by atomic mass is 16.6. The molecule has 7 heteroatoms. The molecule has 25 heavy (non-hydrogen) atoms. The zero-order chi connectivity index (χ0) is 19.0. The fourth-order valence-electron chi connectivity index (χ4n) is 1.84. The second-order valence-electron chi connectivity index (χ2n) is 5.90. The van der Waals surface area contributed by atoms with Gasteiger partial charge in [0.25, 0.3) is 0 Å². The number of benzene rings is 1. The van der Waals surface area contributed by atoms with Crippen LogP contribution in [0.5, 0.6) is 17.2 Å². The van der Waals surface area contributed by atoms with Gasteiger partial charge in [-0.05, 0) is 38.8 Å². The van der Waals surface area contributed by atoms with Crippen LogP contribution >= 0.6 is 0 Å². The van der Waals surface area contributed by atoms with Crippen LogP contribution in [0.3, 0.4) is 0 Å². The first-order valence-corrected chi connectivity index (χ1v) is 7.52. The number of rotatable bonds is 5. The Balaban J connectivity index is 2.81. The third-order valence-corrected chi connectivity index (χ3v) is 2.85. The number of Topliss-reactive ketones (excluding diaryl/α,β-unsaturated/α-hetero) is 1. The summed E-state index contributed by atoms with van der Waals surface area (Å²) < 4.78 is 20.7. The van der Waals surface area contributed by atoms with E-state index in [0.29, 0.717) is 22.8 Å². The van der Waals surface area contributed by atoms with E-state index in [0.717, 1.165) is 0 Å². The molecule has 0 aliphatic rings. The van der Waals surface area contributed by atoms with E-state index in [9.17, 15) is 9.59 Å². The number of ether oxygens (including phenoxy) is 4. The van der Waals surface area contributed by atoms with Crippen molar-refractivity contribution in [2.24, 2.45) is 0 Å². The second kappa shape index (κ2) is 8.83. The van der Waals surface area contributed by atoms with Crippen LogP contribution in [0, 0.1) is 11.8 Å². The first-order valence-electron chi connectivity index (χ1n) is 7.52. The van der Waals surface area contributed by atoms with Crippen molar-refractivity contribution in [2.45, 2.75) is 26.4 Å². The highest BCUT2D eigenvalue weighted by Crippen LogP contribution is 2.38. The SMILES string of the molecule is COc1cc(C(=O)C#CCNC(=O)OC(C)(C)C)cc(OC)c1OC. The predicted octanol–water partition coefficient (Wildman–Crippen LogP) is 2.42. The summed E-state index contributed by atoms with van der Waals surface area (Å²) in [6.07, 6.45) is -0.595. The summed E-state index contributed by atoms with van der Waals surface area (Å²) in [6.45, 7) is 5.26. The molecule has 0 spiro atoms. The summed E-state index contributed by atoms with van der Waals surface area (Å²) >= 11 is 0. The van der Waals surface area contributed by atoms with Crippen LogP contribution in [0.2, 0.25) is 0 Å². The number of ketones is 1. The molecule has 0 heterocycles. The van der Waals surface area contributed by atoms with Crippen LogP contribution in [0.25, 0.3) is 0 Å². The second-order valence-corrected chi connectivity index (χ2v) is 5.90. The molecule has 0 aromatic heterocycles. The minimum Gasteiger partial charge on any atom is -0.493 e. The zero-order valence-corrected chi connectivity index (χ0v) is 15.3. The van der Waals surface area contributed by atoms with Crippen molar-refractivity contribution in [3.05, 3.63) is 17.7 Å². The van der Waals surface area contributed by atoms with E-state index in [4.69, 9.17) is 18.9 Å². The van der Waals surface area contributed by atoms with Crippen LogP contribution in [0.1, 0.15) is 31.1 Å². The van der Waals surface area contributed by atoms with Crippen LogP contribution in [0.15, 0.2) is 12.1 Å². The van der Waals surface area contributed by atoms with Crippen molar-refractivity contribution in [3.63, 3.8) is 0 Å². The first-order chi connectivity index (χ1) is 11.7. The summed E-state index contributed by atoms with van der Waals surface area (Å²) in [6, 6.07) is 3.03. The predicted molar refractivity (Wildman–Crippen MR) is 92.4 cm³/mol. The molecule has 0 saturated carbocycles. The van der Waals surface area contributed by atoms with Gasteiger partial charge in [0.05, 0.1) is 27.9 Å². The van der Waals surface area contributed by atoms with Gasteiger partial charge in [-0.25, -0.2) is 4.79 Å². The normalized spacial score (nSPS) is 10.2. The number of hydrogen-bond acceptors (Lipinski definition) is 6. The molecule has 1 rings (SSSR count). The highest BCUT2D eigenvalue weighted by molar-refractivity contribution is 6.09. The largest absolute Gasteiger partial charge is 0.493 e. The minimum atomic E-state index is -0.595. The molecule has 0 aliphatic heterocycles. The molecular weight excluding hydrogens is 326 g/mol. The average molecular weight is 349 g/mol. The van der Waals surface area contributed by atoms with E-state index in [2.05, 4.69) is 17.2 Å². The number of methoxy groups -OCH3 is 3. The molecule has 1 amide bonds. The number of carbonyl (C=O) groups is 2. The number of amides is 1. The molecule has 0 atom stereocenters. The smallest absolute Gasteiger partial charge is 0.408 e. The summed E-state index contributed by atoms with van der Waals surface area (Å²) in [5.41, 5.74) is -0.303. The molecule has 1 aromatic rings. The van der Waals surface area contributed by atoms with Crippen molar-refractivity contribution in [1.29, 1.82) is 0 Å². The summed E-state index contributed by atoms with van der Waals surface area (Å²) in [5, 5.41) is 2.45. The van der Waals surface area contributed by atoms with Crippen molar-refractivity contribution in [3.8, 4) is 29.1 Å². The number of nitrogens with one attached hydrogen (secondary N) is 1. The Morgan fingerprint density at radius 3 is 2.04 bits per heavy atom. The Hall–Kier alpha value is -2.88. The lowest BCUT2D eigenvalue weighted by Gasteiger charge is -2.18. The number of carbonyl (C=O) groups excluding carboxylic acids is 2. The van der Waals surface area contributed by atoms with Gasteiger partial charge in [-0.1, -0.05) is 5.92 Å². The maximum absolute atomic E-state index is 12.2. The van der Waals surface area contributed by atoms with Gasteiger partial charge in [0.2, 0.25) is 11.5 Å². The third kappa shape index (κ3) is 6.26. The first kappa shape index (κ1) is 20.2. The van der Waals surface area contributed by atoms with Crippen molar-refractivity contribution < 1.29 is 28.5 Å². The van der Waals surface area contributed by atoms with Gasteiger partial charge >= 0.3 is 6.09 Å². The molecule has 0 saturated heterocycles. The Morgan fingerprint density at radius 2 is 1.60 bits per heavy atom. The van der Waals surface area contributed by atoms with Gasteiger partial charge in [0.1, 0.15) is 5.60 Å². The number of hydrogen-bond donors (Lipinski definition) is 1. The van der Waals surface area contributed by atoms with Crippen LogP contribution < -0.4 is 19.5 Å². The molecule has 0 bridgehead atoms. The van der Waals surface area contributed by atoms with E-state index >= 15 is 0 Å². The van der Waals surface area contributed by atoms with E-state index < -0.39 is 17.5 Å². The molecule has 136 valence electrons. The van der Waals surface area contributed by atoms with Crippen LogP contribution in [-0.2, 0) is 4.74 Å². The van der Waals surface area contributed by atoms with Crippen LogP contribution in [-0.4, -0.2) is 45.4 Å². The summed E-state index contributed by atoms with van der Waals surface area (Å²) in [4.78, 5) is 23.7. The maximum Gasteiger partial charge on any atom is 0.408 e. The Bertz CT molecular complexity index is 669. The van der Waals surface area contributed by atoms with E-state index in [1.54, 1.807) is 20.8 Å². The molecule has 0 unspecified atom stereocenters. The molecule has 1 N–H and O–H groups in total. The van der Waals surface area contributed by atoms with E-state index in [1.165, 1.54) is 33.5 Å². The molecule has 0 radical (unpaired) electrons. The van der Waals surface area contributed by atoms with Crippen molar-refractivity contribution in [2.75, 3.05) is 27.9 Å². The van der Waals surface area contributed by atoms with Gasteiger partial charge in [-0.3, -0.25) is 4.79 Å². The molecule has 1 aromatic carbocycles. The topological polar surface area (TPSA) is 83.1 Å². The maximum atomic E-state index is 12.2. The van der Waals surface area contributed by atoms with E-state index in [-0.39, 0.29) is 6.54 Å². The lowest BCUT2D eigenvalue weighted by atomic mass is 10.1. The van der Waals surface area contributed by atoms with Gasteiger partial charge in [-0.2, -0.15) is 0 Å². The van der Waals surface area contributed by atoms with Gasteiger partial charge in [0.15, 0.2) is 11.5 Å². The standard InChI is InChI=1S/C18H23NO6/c1-18(2,3)25-17(21)19-9-7-8-13(20)12-10-14(22-4)16(24-6)15(11-12)23-5/h10-11H,9H2,1-6H3,(H,19,21). The average Bonchev–Trinajstić information content (AvgIpc) is 2.55. The minimum absolute atomic E-state index is 0.00885.